The van der Waals surface area contributed by atoms with Gasteiger partial charge in [0.05, 0.1) is 0 Å². The lowest BCUT2D eigenvalue weighted by molar-refractivity contribution is 0.936. The molecule has 0 bridgehead atoms. The van der Waals surface area contributed by atoms with Crippen LogP contribution in [-0.4, -0.2) is 9.78 Å². The Kier molecular flexibility index (Phi) is 3.66. The maximum Gasteiger partial charge on any atom is 0.0493 e. The van der Waals surface area contributed by atoms with Gasteiger partial charge in [0.1, 0.15) is 0 Å². The summed E-state index contributed by atoms with van der Waals surface area (Å²) >= 11 is 5.97. The molecule has 1 aromatic heterocycles. The Morgan fingerprint density at radius 2 is 1.60 bits per heavy atom. The summed E-state index contributed by atoms with van der Waals surface area (Å²) in [5.41, 5.74) is 3.35. The quantitative estimate of drug-likeness (QED) is 0.686. The van der Waals surface area contributed by atoms with Crippen LogP contribution >= 0.6 is 11.6 Å². The molecule has 0 N–H and O–H groups in total. The van der Waals surface area contributed by atoms with Gasteiger partial charge in [0.25, 0.3) is 0 Å². The Hall–Kier alpha value is -2.32. The maximum absolute atomic E-state index is 5.97. The van der Waals surface area contributed by atoms with E-state index in [4.69, 9.17) is 11.6 Å². The lowest BCUT2D eigenvalue weighted by Crippen LogP contribution is -1.93. The molecule has 0 atom stereocenters. The average Bonchev–Trinajstić information content (AvgIpc) is 3.00. The number of aromatic nitrogens is 2. The summed E-state index contributed by atoms with van der Waals surface area (Å²) in [6.07, 6.45) is 5.69. The highest BCUT2D eigenvalue weighted by Gasteiger charge is 2.05. The minimum atomic E-state index is 0.736. The summed E-state index contributed by atoms with van der Waals surface area (Å²) in [6, 6.07) is 20.0. The van der Waals surface area contributed by atoms with Crippen LogP contribution in [-0.2, 0) is 0 Å². The molecule has 3 heteroatoms. The number of nitrogens with zero attached hydrogens (tertiary/aromatic N) is 2. The molecule has 0 spiro atoms. The molecule has 1 heterocycles. The van der Waals surface area contributed by atoms with Crippen LogP contribution in [0.15, 0.2) is 73.1 Å². The summed E-state index contributed by atoms with van der Waals surface area (Å²) in [6.45, 7) is 0. The van der Waals surface area contributed by atoms with Crippen LogP contribution in [0.4, 0.5) is 0 Å². The summed E-state index contributed by atoms with van der Waals surface area (Å²) in [7, 11) is 0. The topological polar surface area (TPSA) is 17.8 Å². The Bertz CT molecular complexity index is 699. The summed E-state index contributed by atoms with van der Waals surface area (Å²) < 4.78 is 1.80. The van der Waals surface area contributed by atoms with Gasteiger partial charge in [-0.1, -0.05) is 54.1 Å². The Morgan fingerprint density at radius 1 is 0.900 bits per heavy atom. The van der Waals surface area contributed by atoms with E-state index in [1.54, 1.807) is 10.9 Å². The van der Waals surface area contributed by atoms with Gasteiger partial charge in [0, 0.05) is 29.2 Å². The maximum atomic E-state index is 5.97. The van der Waals surface area contributed by atoms with Gasteiger partial charge >= 0.3 is 0 Å². The molecule has 2 nitrogen and oxygen atoms in total. The Labute approximate surface area is 122 Å². The Morgan fingerprint density at radius 3 is 2.25 bits per heavy atom. The van der Waals surface area contributed by atoms with Crippen LogP contribution in [0.5, 0.6) is 0 Å². The number of rotatable bonds is 3. The number of hydrogen-bond donors (Lipinski definition) is 0. The number of hydrogen-bond acceptors (Lipinski definition) is 1. The van der Waals surface area contributed by atoms with Crippen molar-refractivity contribution in [3.05, 3.63) is 89.2 Å². The summed E-state index contributed by atoms with van der Waals surface area (Å²) in [4.78, 5) is 0. The molecule has 98 valence electrons. The SMILES string of the molecule is Clc1ccc(C(=Cn2cccn2)c2ccccc2)cc1. The zero-order valence-corrected chi connectivity index (χ0v) is 11.5. The van der Waals surface area contributed by atoms with Gasteiger partial charge in [0.15, 0.2) is 0 Å². The zero-order valence-electron chi connectivity index (χ0n) is 10.8. The van der Waals surface area contributed by atoms with E-state index < -0.39 is 0 Å². The fourth-order valence-electron chi connectivity index (χ4n) is 2.05. The van der Waals surface area contributed by atoms with E-state index in [2.05, 4.69) is 17.2 Å². The van der Waals surface area contributed by atoms with E-state index in [-0.39, 0.29) is 0 Å². The molecule has 0 aliphatic rings. The van der Waals surface area contributed by atoms with Crippen molar-refractivity contribution in [3.63, 3.8) is 0 Å². The monoisotopic (exact) mass is 280 g/mol. The zero-order chi connectivity index (χ0) is 13.8. The third kappa shape index (κ3) is 2.81. The molecule has 0 saturated heterocycles. The van der Waals surface area contributed by atoms with E-state index in [0.29, 0.717) is 0 Å². The largest absolute Gasteiger partial charge is 0.248 e. The molecule has 0 aliphatic heterocycles. The first-order valence-electron chi connectivity index (χ1n) is 6.35. The highest BCUT2D eigenvalue weighted by Crippen LogP contribution is 2.25. The fourth-order valence-corrected chi connectivity index (χ4v) is 2.18. The van der Waals surface area contributed by atoms with Crippen LogP contribution in [0.3, 0.4) is 0 Å². The van der Waals surface area contributed by atoms with Crippen molar-refractivity contribution in [2.24, 2.45) is 0 Å². The molecule has 20 heavy (non-hydrogen) atoms. The molecule has 2 aromatic carbocycles. The molecule has 0 fully saturated rings. The van der Waals surface area contributed by atoms with E-state index in [1.807, 2.05) is 60.9 Å². The average molecular weight is 281 g/mol. The van der Waals surface area contributed by atoms with Gasteiger partial charge in [-0.2, -0.15) is 5.10 Å². The first-order valence-corrected chi connectivity index (χ1v) is 6.73. The molecular formula is C17H13ClN2. The van der Waals surface area contributed by atoms with Crippen LogP contribution in [0, 0.1) is 0 Å². The van der Waals surface area contributed by atoms with Gasteiger partial charge in [-0.15, -0.1) is 0 Å². The predicted octanol–water partition coefficient (Wildman–Crippen LogP) is 4.58. The lowest BCUT2D eigenvalue weighted by Gasteiger charge is -2.09. The second-order valence-electron chi connectivity index (χ2n) is 4.40. The Balaban J connectivity index is 2.11. The van der Waals surface area contributed by atoms with Crippen LogP contribution in [0.2, 0.25) is 5.02 Å². The van der Waals surface area contributed by atoms with Gasteiger partial charge in [-0.25, -0.2) is 4.68 Å². The molecular weight excluding hydrogens is 268 g/mol. The van der Waals surface area contributed by atoms with Crippen molar-refractivity contribution in [3.8, 4) is 0 Å². The van der Waals surface area contributed by atoms with Crippen LogP contribution < -0.4 is 0 Å². The standard InChI is InChI=1S/C17H13ClN2/c18-16-9-7-15(8-10-16)17(13-20-12-4-11-19-20)14-5-2-1-3-6-14/h1-13H. The summed E-state index contributed by atoms with van der Waals surface area (Å²) in [5.74, 6) is 0. The highest BCUT2D eigenvalue weighted by molar-refractivity contribution is 6.30. The van der Waals surface area contributed by atoms with Crippen molar-refractivity contribution in [2.45, 2.75) is 0 Å². The third-order valence-corrected chi connectivity index (χ3v) is 3.28. The number of benzene rings is 2. The van der Waals surface area contributed by atoms with Crippen LogP contribution in [0.1, 0.15) is 11.1 Å². The van der Waals surface area contributed by atoms with E-state index in [0.717, 1.165) is 21.7 Å². The number of halogens is 1. The van der Waals surface area contributed by atoms with E-state index in [9.17, 15) is 0 Å². The summed E-state index contributed by atoms with van der Waals surface area (Å²) in [5, 5.41) is 4.98. The molecule has 0 amide bonds. The molecule has 0 aliphatic carbocycles. The molecule has 0 saturated carbocycles. The molecule has 3 aromatic rings. The predicted molar refractivity (Wildman–Crippen MR) is 83.4 cm³/mol. The normalized spacial score (nSPS) is 11.6. The molecule has 3 rings (SSSR count). The van der Waals surface area contributed by atoms with Crippen molar-refractivity contribution >= 4 is 23.4 Å². The van der Waals surface area contributed by atoms with Crippen molar-refractivity contribution in [1.29, 1.82) is 0 Å². The fraction of sp³-hybridized carbons (Fsp3) is 0. The van der Waals surface area contributed by atoms with Crippen molar-refractivity contribution < 1.29 is 0 Å². The van der Waals surface area contributed by atoms with E-state index in [1.165, 1.54) is 0 Å². The van der Waals surface area contributed by atoms with E-state index >= 15 is 0 Å². The van der Waals surface area contributed by atoms with Gasteiger partial charge in [-0.05, 0) is 29.3 Å². The first kappa shape index (κ1) is 12.7. The van der Waals surface area contributed by atoms with Crippen molar-refractivity contribution in [1.82, 2.24) is 9.78 Å². The van der Waals surface area contributed by atoms with Gasteiger partial charge in [0.2, 0.25) is 0 Å². The van der Waals surface area contributed by atoms with Crippen LogP contribution in [0.25, 0.3) is 11.8 Å². The first-order chi connectivity index (χ1) is 9.83. The second-order valence-corrected chi connectivity index (χ2v) is 4.84. The van der Waals surface area contributed by atoms with Gasteiger partial charge < -0.3 is 0 Å². The van der Waals surface area contributed by atoms with Gasteiger partial charge in [-0.3, -0.25) is 0 Å². The smallest absolute Gasteiger partial charge is 0.0493 e. The second kappa shape index (κ2) is 5.76. The van der Waals surface area contributed by atoms with Crippen molar-refractivity contribution in [2.75, 3.05) is 0 Å². The lowest BCUT2D eigenvalue weighted by atomic mass is 9.99. The molecule has 0 unspecified atom stereocenters. The molecule has 0 radical (unpaired) electrons. The third-order valence-electron chi connectivity index (χ3n) is 3.03. The minimum absolute atomic E-state index is 0.736. The minimum Gasteiger partial charge on any atom is -0.248 e. The highest BCUT2D eigenvalue weighted by atomic mass is 35.5.